The highest BCUT2D eigenvalue weighted by molar-refractivity contribution is 5.98. The zero-order valence-corrected chi connectivity index (χ0v) is 16.9. The largest absolute Gasteiger partial charge is 0.459 e. The summed E-state index contributed by atoms with van der Waals surface area (Å²) in [5.74, 6) is -1.68. The second-order valence-electron chi connectivity index (χ2n) is 7.27. The van der Waals surface area contributed by atoms with Gasteiger partial charge in [0.1, 0.15) is 0 Å². The number of esters is 1. The molecule has 158 valence electrons. The molecule has 0 saturated carbocycles. The molecule has 1 aromatic heterocycles. The third kappa shape index (κ3) is 5.14. The van der Waals surface area contributed by atoms with Crippen LogP contribution in [0.2, 0.25) is 0 Å². The number of carbonyl (C=O) groups excluding carboxylic acids is 4. The van der Waals surface area contributed by atoms with E-state index in [0.717, 1.165) is 0 Å². The van der Waals surface area contributed by atoms with Crippen LogP contribution >= 0.6 is 0 Å². The second kappa shape index (κ2) is 9.39. The normalized spacial score (nSPS) is 17.1. The smallest absolute Gasteiger partial charge is 0.311 e. The summed E-state index contributed by atoms with van der Waals surface area (Å²) in [6, 6.07) is 9.75. The zero-order valence-electron chi connectivity index (χ0n) is 16.9. The van der Waals surface area contributed by atoms with Gasteiger partial charge in [0, 0.05) is 24.3 Å². The molecule has 2 atom stereocenters. The fraction of sp³-hybridized carbons (Fsp3) is 0.364. The molecule has 30 heavy (non-hydrogen) atoms. The van der Waals surface area contributed by atoms with Crippen molar-refractivity contribution < 1.29 is 28.3 Å². The van der Waals surface area contributed by atoms with Crippen LogP contribution < -0.4 is 5.32 Å². The summed E-state index contributed by atoms with van der Waals surface area (Å²) < 4.78 is 10.5. The maximum Gasteiger partial charge on any atom is 0.311 e. The van der Waals surface area contributed by atoms with Gasteiger partial charge >= 0.3 is 5.97 Å². The van der Waals surface area contributed by atoms with E-state index in [2.05, 4.69) is 5.32 Å². The molecule has 1 aromatic carbocycles. The Bertz CT molecular complexity index is 937. The van der Waals surface area contributed by atoms with Gasteiger partial charge in [0.15, 0.2) is 17.6 Å². The number of piperidine rings is 1. The Balaban J connectivity index is 1.55. The predicted molar refractivity (Wildman–Crippen MR) is 108 cm³/mol. The molecule has 1 aliphatic heterocycles. The summed E-state index contributed by atoms with van der Waals surface area (Å²) in [6.45, 7) is 3.67. The average molecular weight is 412 g/mol. The molecule has 1 fully saturated rings. The first-order chi connectivity index (χ1) is 14.3. The topological polar surface area (TPSA) is 106 Å². The summed E-state index contributed by atoms with van der Waals surface area (Å²) in [7, 11) is 0. The van der Waals surface area contributed by atoms with Crippen molar-refractivity contribution in [1.82, 2.24) is 4.90 Å². The number of likely N-dealkylation sites (tertiary alicyclic amines) is 1. The van der Waals surface area contributed by atoms with Gasteiger partial charge in [-0.3, -0.25) is 19.2 Å². The number of nitrogens with zero attached hydrogens (tertiary/aromatic N) is 1. The van der Waals surface area contributed by atoms with E-state index in [4.69, 9.17) is 9.15 Å². The van der Waals surface area contributed by atoms with E-state index in [1.807, 2.05) is 0 Å². The number of carbonyl (C=O) groups is 4. The summed E-state index contributed by atoms with van der Waals surface area (Å²) in [5.41, 5.74) is 0.921. The summed E-state index contributed by atoms with van der Waals surface area (Å²) >= 11 is 0. The zero-order chi connectivity index (χ0) is 21.7. The van der Waals surface area contributed by atoms with Gasteiger partial charge in [-0.25, -0.2) is 0 Å². The molecule has 8 heteroatoms. The second-order valence-corrected chi connectivity index (χ2v) is 7.27. The lowest BCUT2D eigenvalue weighted by Gasteiger charge is -2.31. The van der Waals surface area contributed by atoms with Gasteiger partial charge in [0.05, 0.1) is 12.2 Å². The summed E-state index contributed by atoms with van der Waals surface area (Å²) in [4.78, 5) is 50.4. The lowest BCUT2D eigenvalue weighted by molar-refractivity contribution is -0.158. The Kier molecular flexibility index (Phi) is 6.66. The lowest BCUT2D eigenvalue weighted by atomic mass is 9.98. The first-order valence-corrected chi connectivity index (χ1v) is 9.80. The third-order valence-electron chi connectivity index (χ3n) is 4.97. The molecule has 0 radical (unpaired) electrons. The van der Waals surface area contributed by atoms with Gasteiger partial charge in [-0.1, -0.05) is 12.1 Å². The van der Waals surface area contributed by atoms with Crippen LogP contribution in [0.5, 0.6) is 0 Å². The van der Waals surface area contributed by atoms with Gasteiger partial charge < -0.3 is 19.4 Å². The van der Waals surface area contributed by atoms with Gasteiger partial charge in [-0.15, -0.1) is 0 Å². The molecule has 0 spiro atoms. The predicted octanol–water partition coefficient (Wildman–Crippen LogP) is 2.90. The van der Waals surface area contributed by atoms with Crippen LogP contribution in [0.1, 0.15) is 47.6 Å². The minimum absolute atomic E-state index is 0.114. The third-order valence-corrected chi connectivity index (χ3v) is 4.97. The molecule has 0 unspecified atom stereocenters. The maximum atomic E-state index is 12.6. The van der Waals surface area contributed by atoms with Crippen LogP contribution in [0.3, 0.4) is 0 Å². The summed E-state index contributed by atoms with van der Waals surface area (Å²) in [6.07, 6.45) is 1.64. The van der Waals surface area contributed by atoms with Crippen LogP contribution in [0.15, 0.2) is 47.1 Å². The number of furan rings is 1. The van der Waals surface area contributed by atoms with Crippen molar-refractivity contribution in [1.29, 1.82) is 0 Å². The molecule has 0 bridgehead atoms. The lowest BCUT2D eigenvalue weighted by Crippen LogP contribution is -2.44. The highest BCUT2D eigenvalue weighted by Crippen LogP contribution is 2.21. The average Bonchev–Trinajstić information content (AvgIpc) is 3.28. The Hall–Kier alpha value is -3.42. The van der Waals surface area contributed by atoms with Crippen LogP contribution in [0, 0.1) is 5.92 Å². The minimum Gasteiger partial charge on any atom is -0.459 e. The molecule has 1 aliphatic rings. The Morgan fingerprint density at radius 1 is 1.20 bits per heavy atom. The molecule has 8 nitrogen and oxygen atoms in total. The van der Waals surface area contributed by atoms with E-state index in [0.29, 0.717) is 30.6 Å². The molecule has 3 rings (SSSR count). The number of benzene rings is 1. The van der Waals surface area contributed by atoms with E-state index in [1.165, 1.54) is 20.1 Å². The van der Waals surface area contributed by atoms with E-state index >= 15 is 0 Å². The standard InChI is InChI=1S/C22H24N2O6/c1-14(25)16-6-3-8-18(12-16)23-20(26)15(2)30-22(28)17-7-4-10-24(13-17)21(27)19-9-5-11-29-19/h3,5-6,8-9,11-12,15,17H,4,7,10,13H2,1-2H3,(H,23,26)/t15-,17-/m1/s1. The molecular weight excluding hydrogens is 388 g/mol. The Morgan fingerprint density at radius 3 is 2.70 bits per heavy atom. The number of nitrogens with one attached hydrogen (secondary N) is 1. The number of amides is 2. The van der Waals surface area contributed by atoms with Gasteiger partial charge in [-0.2, -0.15) is 0 Å². The molecule has 0 aliphatic carbocycles. The molecule has 1 saturated heterocycles. The van der Waals surface area contributed by atoms with Crippen molar-refractivity contribution >= 4 is 29.3 Å². The van der Waals surface area contributed by atoms with Gasteiger partial charge in [0.2, 0.25) is 0 Å². The fourth-order valence-corrected chi connectivity index (χ4v) is 3.29. The molecular formula is C22H24N2O6. The Labute approximate surface area is 174 Å². The van der Waals surface area contributed by atoms with Crippen molar-refractivity contribution in [2.24, 2.45) is 5.92 Å². The number of rotatable bonds is 6. The van der Waals surface area contributed by atoms with E-state index in [1.54, 1.807) is 41.3 Å². The molecule has 2 aromatic rings. The number of anilines is 1. The number of hydrogen-bond acceptors (Lipinski definition) is 6. The minimum atomic E-state index is -1.02. The van der Waals surface area contributed by atoms with Crippen LogP contribution in [-0.4, -0.2) is 47.7 Å². The Morgan fingerprint density at radius 2 is 2.00 bits per heavy atom. The monoisotopic (exact) mass is 412 g/mol. The molecule has 2 amide bonds. The number of ketones is 1. The molecule has 1 N–H and O–H groups in total. The highest BCUT2D eigenvalue weighted by Gasteiger charge is 2.32. The van der Waals surface area contributed by atoms with Gasteiger partial charge in [-0.05, 0) is 51.0 Å². The van der Waals surface area contributed by atoms with Crippen molar-refractivity contribution in [2.45, 2.75) is 32.8 Å². The van der Waals surface area contributed by atoms with E-state index < -0.39 is 23.9 Å². The molecule has 2 heterocycles. The van der Waals surface area contributed by atoms with Crippen molar-refractivity contribution in [2.75, 3.05) is 18.4 Å². The van der Waals surface area contributed by atoms with Gasteiger partial charge in [0.25, 0.3) is 11.8 Å². The van der Waals surface area contributed by atoms with Crippen molar-refractivity contribution in [3.8, 4) is 0 Å². The van der Waals surface area contributed by atoms with E-state index in [9.17, 15) is 19.2 Å². The first-order valence-electron chi connectivity index (χ1n) is 9.80. The maximum absolute atomic E-state index is 12.6. The number of Topliss-reactive ketones (excluding diaryl/α,β-unsaturated/α-hetero) is 1. The van der Waals surface area contributed by atoms with Crippen LogP contribution in [-0.2, 0) is 14.3 Å². The van der Waals surface area contributed by atoms with Crippen molar-refractivity contribution in [3.63, 3.8) is 0 Å². The first kappa shape index (κ1) is 21.3. The number of hydrogen-bond donors (Lipinski definition) is 1. The van der Waals surface area contributed by atoms with E-state index in [-0.39, 0.29) is 24.0 Å². The van der Waals surface area contributed by atoms with Crippen molar-refractivity contribution in [3.05, 3.63) is 54.0 Å². The van der Waals surface area contributed by atoms with Crippen LogP contribution in [0.4, 0.5) is 5.69 Å². The SMILES string of the molecule is CC(=O)c1cccc(NC(=O)[C@@H](C)OC(=O)[C@@H]2CCCN(C(=O)c3ccco3)C2)c1. The fourth-order valence-electron chi connectivity index (χ4n) is 3.29. The van der Waals surface area contributed by atoms with Crippen LogP contribution in [0.25, 0.3) is 0 Å². The highest BCUT2D eigenvalue weighted by atomic mass is 16.5. The summed E-state index contributed by atoms with van der Waals surface area (Å²) in [5, 5.41) is 2.65. The quantitative estimate of drug-likeness (QED) is 0.578. The number of ether oxygens (including phenoxy) is 1.